The molecule has 4 radical (unpaired) electrons. The Hall–Kier alpha value is 1.60. The Balaban J connectivity index is 0. The van der Waals surface area contributed by atoms with E-state index in [-0.39, 0.29) is 10.5 Å². The van der Waals surface area contributed by atoms with Crippen LogP contribution in [-0.2, 0) is 0 Å². The zero-order chi connectivity index (χ0) is 15.4. The average molecular weight is 416 g/mol. The van der Waals surface area contributed by atoms with Crippen LogP contribution < -0.4 is 0 Å². The molecule has 0 bridgehead atoms. The summed E-state index contributed by atoms with van der Waals surface area (Å²) in [5.74, 6) is 0. The molecule has 0 aromatic carbocycles. The molecule has 0 saturated heterocycles. The molecular weight excluding hydrogens is 386 g/mol. The first kappa shape index (κ1) is 21.9. The van der Waals surface area contributed by atoms with Crippen LogP contribution in [0.5, 0.6) is 0 Å². The van der Waals surface area contributed by atoms with Crippen LogP contribution >= 0.6 is 20.0 Å². The van der Waals surface area contributed by atoms with Crippen LogP contribution in [0.4, 0.5) is 0 Å². The third-order valence-corrected chi connectivity index (χ3v) is 9.13. The molecule has 1 unspecified atom stereocenters. The third kappa shape index (κ3) is 6.85. The summed E-state index contributed by atoms with van der Waals surface area (Å²) >= 11 is 7.84. The van der Waals surface area contributed by atoms with E-state index in [1.165, 1.54) is 6.42 Å². The molecule has 0 rings (SSSR count). The first-order chi connectivity index (χ1) is 7.81. The summed E-state index contributed by atoms with van der Waals surface area (Å²) in [7, 11) is 3.87. The molecule has 0 amide bonds. The van der Waals surface area contributed by atoms with E-state index in [1.54, 1.807) is 0 Å². The van der Waals surface area contributed by atoms with Gasteiger partial charge in [0.05, 0.1) is 0 Å². The second-order valence-electron chi connectivity index (χ2n) is 7.82. The van der Waals surface area contributed by atoms with Gasteiger partial charge in [-0.2, -0.15) is 11.1 Å². The molecule has 18 heavy (non-hydrogen) atoms. The van der Waals surface area contributed by atoms with Crippen molar-refractivity contribution in [3.63, 3.8) is 0 Å². The SMILES string of the molecule is CC(C)[Si](Cl)C(C)(CC(C)(C)C)C(C)(C)C.[Cl][Sn]. The van der Waals surface area contributed by atoms with Gasteiger partial charge in [0.2, 0.25) is 0 Å². The molecule has 0 aliphatic rings. The molecule has 0 aliphatic carbocycles. The molecule has 0 aromatic heterocycles. The number of hydrogen-bond donors (Lipinski definition) is 0. The second kappa shape index (κ2) is 8.14. The van der Waals surface area contributed by atoms with Gasteiger partial charge in [0, 0.05) is 0 Å². The van der Waals surface area contributed by atoms with Gasteiger partial charge >= 0.3 is 30.3 Å². The Morgan fingerprint density at radius 2 is 1.28 bits per heavy atom. The van der Waals surface area contributed by atoms with E-state index in [2.05, 4.69) is 62.3 Å². The summed E-state index contributed by atoms with van der Waals surface area (Å²) < 4.78 is 0. The predicted molar refractivity (Wildman–Crippen MR) is 90.2 cm³/mol. The maximum atomic E-state index is 6.82. The number of rotatable bonds is 3. The molecule has 0 nitrogen and oxygen atoms in total. The van der Waals surface area contributed by atoms with E-state index in [1.807, 2.05) is 0 Å². The van der Waals surface area contributed by atoms with Crippen LogP contribution in [0.25, 0.3) is 0 Å². The van der Waals surface area contributed by atoms with Gasteiger partial charge in [0.15, 0.2) is 8.11 Å². The van der Waals surface area contributed by atoms with Gasteiger partial charge in [0.1, 0.15) is 0 Å². The predicted octanol–water partition coefficient (Wildman–Crippen LogP) is 6.18. The van der Waals surface area contributed by atoms with Crippen LogP contribution in [0.3, 0.4) is 0 Å². The fraction of sp³-hybridized carbons (Fsp3) is 1.00. The second-order valence-corrected chi connectivity index (χ2v) is 12.0. The molecule has 0 heterocycles. The van der Waals surface area contributed by atoms with E-state index in [4.69, 9.17) is 20.0 Å². The van der Waals surface area contributed by atoms with Crippen molar-refractivity contribution in [3.8, 4) is 0 Å². The molecule has 108 valence electrons. The molecule has 0 saturated carbocycles. The van der Waals surface area contributed by atoms with Gasteiger partial charge in [-0.15, -0.1) is 0 Å². The zero-order valence-electron chi connectivity index (χ0n) is 13.5. The summed E-state index contributed by atoms with van der Waals surface area (Å²) in [6.07, 6.45) is 1.21. The zero-order valence-corrected chi connectivity index (χ0v) is 18.9. The fourth-order valence-electron chi connectivity index (χ4n) is 2.41. The van der Waals surface area contributed by atoms with Crippen molar-refractivity contribution >= 4 is 49.5 Å². The number of halogens is 2. The molecule has 0 N–H and O–H groups in total. The molecule has 0 spiro atoms. The molecule has 1 atom stereocenters. The minimum absolute atomic E-state index is 0.269. The van der Waals surface area contributed by atoms with E-state index in [0.717, 1.165) is 21.4 Å². The Morgan fingerprint density at radius 3 is 1.44 bits per heavy atom. The minimum atomic E-state index is -0.862. The molecular formula is C14H30Cl2SiSn. The van der Waals surface area contributed by atoms with E-state index in [0.29, 0.717) is 11.0 Å². The molecule has 0 aliphatic heterocycles. The van der Waals surface area contributed by atoms with Crippen molar-refractivity contribution < 1.29 is 0 Å². The molecule has 4 heteroatoms. The summed E-state index contributed by atoms with van der Waals surface area (Å²) in [4.78, 5) is 0. The normalized spacial score (nSPS) is 16.3. The van der Waals surface area contributed by atoms with Crippen LogP contribution in [0, 0.1) is 10.8 Å². The van der Waals surface area contributed by atoms with Gasteiger partial charge in [-0.1, -0.05) is 62.3 Å². The standard InChI is InChI=1S/C14H30ClSi.ClH.Sn/c1-11(2)16(15)14(9,13(6,7)8)10-12(3,4)5;;/h11H,10H2,1-9H3;1H;/q;;+1/p-1. The van der Waals surface area contributed by atoms with Crippen LogP contribution in [0.2, 0.25) is 10.6 Å². The average Bonchev–Trinajstić information content (AvgIpc) is 2.15. The Labute approximate surface area is 139 Å². The third-order valence-electron chi connectivity index (χ3n) is 3.57. The first-order valence-electron chi connectivity index (χ1n) is 6.53. The van der Waals surface area contributed by atoms with E-state index < -0.39 is 8.11 Å². The summed E-state index contributed by atoms with van der Waals surface area (Å²) in [5, 5.41) is 0.269. The Morgan fingerprint density at radius 1 is 0.944 bits per heavy atom. The van der Waals surface area contributed by atoms with Crippen LogP contribution in [0.15, 0.2) is 0 Å². The maximum absolute atomic E-state index is 6.82. The fourth-order valence-corrected chi connectivity index (χ4v) is 6.15. The van der Waals surface area contributed by atoms with Crippen LogP contribution in [-0.4, -0.2) is 29.5 Å². The number of hydrogen-bond acceptors (Lipinski definition) is 0. The quantitative estimate of drug-likeness (QED) is 0.381. The van der Waals surface area contributed by atoms with Gasteiger partial charge < -0.3 is 0 Å². The van der Waals surface area contributed by atoms with Crippen molar-refractivity contribution in [2.24, 2.45) is 10.8 Å². The van der Waals surface area contributed by atoms with Crippen molar-refractivity contribution in [2.75, 3.05) is 0 Å². The molecule has 0 fully saturated rings. The van der Waals surface area contributed by atoms with Gasteiger partial charge in [0.25, 0.3) is 0 Å². The van der Waals surface area contributed by atoms with Gasteiger partial charge in [-0.3, -0.25) is 0 Å². The van der Waals surface area contributed by atoms with E-state index in [9.17, 15) is 0 Å². The van der Waals surface area contributed by atoms with Crippen molar-refractivity contribution in [3.05, 3.63) is 0 Å². The topological polar surface area (TPSA) is 0 Å². The molecule has 0 aromatic rings. The van der Waals surface area contributed by atoms with Crippen LogP contribution in [0.1, 0.15) is 68.7 Å². The van der Waals surface area contributed by atoms with Gasteiger partial charge in [-0.25, -0.2) is 0 Å². The summed E-state index contributed by atoms with van der Waals surface area (Å²) in [6.45, 7) is 20.9. The van der Waals surface area contributed by atoms with Crippen molar-refractivity contribution in [1.29, 1.82) is 0 Å². The summed E-state index contributed by atoms with van der Waals surface area (Å²) in [6, 6.07) is 0. The van der Waals surface area contributed by atoms with Crippen molar-refractivity contribution in [1.82, 2.24) is 0 Å². The van der Waals surface area contributed by atoms with E-state index >= 15 is 0 Å². The summed E-state index contributed by atoms with van der Waals surface area (Å²) in [5.41, 5.74) is 1.25. The first-order valence-corrected chi connectivity index (χ1v) is 12.7. The van der Waals surface area contributed by atoms with Crippen molar-refractivity contribution in [2.45, 2.75) is 79.3 Å². The van der Waals surface area contributed by atoms with Gasteiger partial charge in [-0.05, 0) is 27.8 Å². The Kier molecular flexibility index (Phi) is 9.90. The monoisotopic (exact) mass is 416 g/mol. The Bertz CT molecular complexity index is 231.